The van der Waals surface area contributed by atoms with Crippen molar-refractivity contribution < 1.29 is 18.8 Å². The van der Waals surface area contributed by atoms with Gasteiger partial charge in [-0.05, 0) is 37.9 Å². The lowest BCUT2D eigenvalue weighted by Gasteiger charge is -2.50. The van der Waals surface area contributed by atoms with Crippen LogP contribution in [0.1, 0.15) is 60.3 Å². The normalized spacial score (nSPS) is 27.9. The van der Waals surface area contributed by atoms with Crippen molar-refractivity contribution in [2.45, 2.75) is 95.8 Å². The molecule has 1 saturated carbocycles. The second-order valence-electron chi connectivity index (χ2n) is 10.7. The Morgan fingerprint density at radius 2 is 1.94 bits per heavy atom. The molecule has 2 fully saturated rings. The molecule has 5 nitrogen and oxygen atoms in total. The van der Waals surface area contributed by atoms with Gasteiger partial charge in [0.1, 0.15) is 12.3 Å². The molecule has 2 heterocycles. The summed E-state index contributed by atoms with van der Waals surface area (Å²) in [6.45, 7) is 19.1. The van der Waals surface area contributed by atoms with Gasteiger partial charge in [0.05, 0.1) is 18.1 Å². The van der Waals surface area contributed by atoms with Gasteiger partial charge in [0.15, 0.2) is 8.32 Å². The van der Waals surface area contributed by atoms with Crippen LogP contribution in [-0.2, 0) is 18.8 Å². The summed E-state index contributed by atoms with van der Waals surface area (Å²) >= 11 is 1.80. The molecule has 2 aliphatic heterocycles. The van der Waals surface area contributed by atoms with E-state index in [0.29, 0.717) is 10.9 Å². The van der Waals surface area contributed by atoms with Crippen molar-refractivity contribution in [2.75, 3.05) is 6.61 Å². The summed E-state index contributed by atoms with van der Waals surface area (Å²) in [5.74, 6) is -0.506. The fraction of sp³-hybridized carbons (Fsp3) is 0.750. The SMILES string of the molecule is C=CCOC(=O)C1=C(SC2CCCC2)[C@H](C)[C@@H]2[C@@H]([C@@H](C)O[Si](C)(C)C(C)(C)C)C(=O)N12. The van der Waals surface area contributed by atoms with Gasteiger partial charge in [0, 0.05) is 16.1 Å². The molecule has 0 unspecified atom stereocenters. The summed E-state index contributed by atoms with van der Waals surface area (Å²) in [5, 5.41) is 0.601. The number of thioether (sulfide) groups is 1. The van der Waals surface area contributed by atoms with Crippen LogP contribution in [0.2, 0.25) is 18.1 Å². The quantitative estimate of drug-likeness (QED) is 0.205. The van der Waals surface area contributed by atoms with Crippen molar-refractivity contribution >= 4 is 32.0 Å². The molecule has 1 saturated heterocycles. The Labute approximate surface area is 193 Å². The van der Waals surface area contributed by atoms with Crippen LogP contribution in [0.5, 0.6) is 0 Å². The molecule has 0 aromatic heterocycles. The lowest BCUT2D eigenvalue weighted by molar-refractivity contribution is -0.163. The molecule has 0 radical (unpaired) electrons. The maximum Gasteiger partial charge on any atom is 0.356 e. The van der Waals surface area contributed by atoms with Crippen molar-refractivity contribution in [1.82, 2.24) is 4.90 Å². The molecule has 174 valence electrons. The number of amides is 1. The lowest BCUT2D eigenvalue weighted by Crippen LogP contribution is -2.65. The van der Waals surface area contributed by atoms with Gasteiger partial charge in [-0.2, -0.15) is 0 Å². The van der Waals surface area contributed by atoms with E-state index in [-0.39, 0.29) is 41.5 Å². The third-order valence-electron chi connectivity index (χ3n) is 7.50. The average molecular weight is 466 g/mol. The molecule has 1 aliphatic carbocycles. The monoisotopic (exact) mass is 465 g/mol. The summed E-state index contributed by atoms with van der Waals surface area (Å²) in [6, 6.07) is -0.0255. The number of esters is 1. The smallest absolute Gasteiger partial charge is 0.356 e. The van der Waals surface area contributed by atoms with Crippen LogP contribution in [0.3, 0.4) is 0 Å². The van der Waals surface area contributed by atoms with Gasteiger partial charge in [-0.25, -0.2) is 4.79 Å². The molecule has 0 N–H and O–H groups in total. The highest BCUT2D eigenvalue weighted by molar-refractivity contribution is 8.03. The minimum absolute atomic E-state index is 0.00404. The van der Waals surface area contributed by atoms with Crippen molar-refractivity contribution in [1.29, 1.82) is 0 Å². The molecule has 0 aromatic rings. The van der Waals surface area contributed by atoms with Gasteiger partial charge in [0.2, 0.25) is 5.91 Å². The minimum atomic E-state index is -2.00. The van der Waals surface area contributed by atoms with E-state index in [4.69, 9.17) is 9.16 Å². The number of fused-ring (bicyclic) bond motifs is 1. The van der Waals surface area contributed by atoms with Crippen LogP contribution in [0.15, 0.2) is 23.3 Å². The molecule has 3 rings (SSSR count). The summed E-state index contributed by atoms with van der Waals surface area (Å²) < 4.78 is 12.0. The van der Waals surface area contributed by atoms with E-state index >= 15 is 0 Å². The first-order valence-electron chi connectivity index (χ1n) is 11.6. The minimum Gasteiger partial charge on any atom is -0.457 e. The van der Waals surface area contributed by atoms with Crippen LogP contribution in [0.4, 0.5) is 0 Å². The molecule has 0 spiro atoms. The van der Waals surface area contributed by atoms with Gasteiger partial charge in [-0.1, -0.05) is 53.2 Å². The Bertz CT molecular complexity index is 766. The summed E-state index contributed by atoms with van der Waals surface area (Å²) in [6.07, 6.45) is 6.21. The topological polar surface area (TPSA) is 55.8 Å². The first kappa shape index (κ1) is 24.6. The Morgan fingerprint density at radius 3 is 2.48 bits per heavy atom. The fourth-order valence-electron chi connectivity index (χ4n) is 4.76. The number of carbonyl (C=O) groups excluding carboxylic acids is 2. The molecule has 1 amide bonds. The van der Waals surface area contributed by atoms with Crippen LogP contribution in [0.25, 0.3) is 0 Å². The average Bonchev–Trinajstić information content (AvgIpc) is 3.25. The predicted octanol–water partition coefficient (Wildman–Crippen LogP) is 5.49. The summed E-state index contributed by atoms with van der Waals surface area (Å²) in [5.41, 5.74) is 0.469. The zero-order chi connectivity index (χ0) is 23.1. The van der Waals surface area contributed by atoms with E-state index in [1.54, 1.807) is 22.7 Å². The second-order valence-corrected chi connectivity index (χ2v) is 16.8. The molecule has 31 heavy (non-hydrogen) atoms. The molecule has 4 atom stereocenters. The highest BCUT2D eigenvalue weighted by Gasteiger charge is 2.61. The number of ether oxygens (including phenoxy) is 1. The van der Waals surface area contributed by atoms with Crippen molar-refractivity contribution in [3.05, 3.63) is 23.3 Å². The van der Waals surface area contributed by atoms with E-state index in [0.717, 1.165) is 4.91 Å². The number of hydrogen-bond donors (Lipinski definition) is 0. The van der Waals surface area contributed by atoms with Crippen molar-refractivity contribution in [3.8, 4) is 0 Å². The highest BCUT2D eigenvalue weighted by atomic mass is 32.2. The molecular formula is C24H39NO4SSi. The number of hydrogen-bond acceptors (Lipinski definition) is 5. The third-order valence-corrected chi connectivity index (χ3v) is 13.7. The zero-order valence-corrected chi connectivity index (χ0v) is 22.0. The van der Waals surface area contributed by atoms with E-state index in [2.05, 4.69) is 47.4 Å². The molecule has 0 bridgehead atoms. The van der Waals surface area contributed by atoms with Crippen LogP contribution >= 0.6 is 11.8 Å². The van der Waals surface area contributed by atoms with Crippen LogP contribution in [0, 0.1) is 11.8 Å². The van der Waals surface area contributed by atoms with Gasteiger partial charge in [-0.3, -0.25) is 4.79 Å². The van der Waals surface area contributed by atoms with Crippen molar-refractivity contribution in [2.24, 2.45) is 11.8 Å². The first-order chi connectivity index (χ1) is 14.4. The summed E-state index contributed by atoms with van der Waals surface area (Å²) in [4.78, 5) is 29.0. The Hall–Kier alpha value is -1.05. The molecule has 7 heteroatoms. The van der Waals surface area contributed by atoms with E-state index < -0.39 is 14.3 Å². The Kier molecular flexibility index (Phi) is 7.19. The maximum atomic E-state index is 13.3. The predicted molar refractivity (Wildman–Crippen MR) is 129 cm³/mol. The third kappa shape index (κ3) is 4.55. The van der Waals surface area contributed by atoms with Crippen LogP contribution in [-0.4, -0.2) is 49.1 Å². The number of β-lactam (4-membered cyclic amide) rings is 1. The largest absolute Gasteiger partial charge is 0.457 e. The highest BCUT2D eigenvalue weighted by Crippen LogP contribution is 2.53. The summed E-state index contributed by atoms with van der Waals surface area (Å²) in [7, 11) is -2.00. The number of carbonyl (C=O) groups is 2. The lowest BCUT2D eigenvalue weighted by atomic mass is 9.79. The maximum absolute atomic E-state index is 13.3. The number of rotatable bonds is 8. The van der Waals surface area contributed by atoms with Gasteiger partial charge >= 0.3 is 5.97 Å². The number of nitrogens with zero attached hydrogens (tertiary/aromatic N) is 1. The Balaban J connectivity index is 1.84. The fourth-order valence-corrected chi connectivity index (χ4v) is 7.76. The standard InChI is InChI=1S/C24H39NO4SSi/c1-9-14-28-23(27)20-21(30-17-12-10-11-13-17)15(2)19-18(22(26)25(19)20)16(3)29-31(7,8)24(4,5)6/h9,15-19H,1,10-14H2,2-8H3/t15-,16-,18-,19-/m1/s1. The first-order valence-corrected chi connectivity index (χ1v) is 15.4. The molecule has 0 aromatic carbocycles. The van der Waals surface area contributed by atoms with E-state index in [1.165, 1.54) is 25.7 Å². The van der Waals surface area contributed by atoms with Crippen molar-refractivity contribution in [3.63, 3.8) is 0 Å². The van der Waals surface area contributed by atoms with Gasteiger partial charge < -0.3 is 14.1 Å². The zero-order valence-electron chi connectivity index (χ0n) is 20.2. The van der Waals surface area contributed by atoms with E-state index in [9.17, 15) is 9.59 Å². The molecule has 3 aliphatic rings. The van der Waals surface area contributed by atoms with Gasteiger partial charge in [-0.15, -0.1) is 11.8 Å². The van der Waals surface area contributed by atoms with Gasteiger partial charge in [0.25, 0.3) is 0 Å². The van der Waals surface area contributed by atoms with Crippen LogP contribution < -0.4 is 0 Å². The molecular weight excluding hydrogens is 426 g/mol. The van der Waals surface area contributed by atoms with E-state index in [1.807, 2.05) is 6.92 Å². The second kappa shape index (κ2) is 9.06. The Morgan fingerprint density at radius 1 is 1.32 bits per heavy atom.